The van der Waals surface area contributed by atoms with Crippen LogP contribution in [0, 0.1) is 12.8 Å². The Balaban J connectivity index is 2.58. The van der Waals surface area contributed by atoms with Crippen LogP contribution >= 0.6 is 31.9 Å². The second-order valence-electron chi connectivity index (χ2n) is 4.92. The Hall–Kier alpha value is -0.350. The lowest BCUT2D eigenvalue weighted by Gasteiger charge is -2.14. The second-order valence-corrected chi connectivity index (χ2v) is 7.07. The molecule has 1 aromatic rings. The van der Waals surface area contributed by atoms with Gasteiger partial charge in [-0.2, -0.15) is 0 Å². The molecule has 0 saturated heterocycles. The molecular weight excluding hydrogens is 358 g/mol. The van der Waals surface area contributed by atoms with Crippen molar-refractivity contribution in [3.05, 3.63) is 33.8 Å². The van der Waals surface area contributed by atoms with Crippen molar-refractivity contribution in [3.8, 4) is 0 Å². The van der Waals surface area contributed by atoms with Gasteiger partial charge in [-0.15, -0.1) is 0 Å². The predicted octanol–water partition coefficient (Wildman–Crippen LogP) is 4.30. The highest BCUT2D eigenvalue weighted by atomic mass is 79.9. The molecule has 0 aromatic heterocycles. The minimum absolute atomic E-state index is 0.0289. The minimum Gasteiger partial charge on any atom is -0.351 e. The highest BCUT2D eigenvalue weighted by molar-refractivity contribution is 9.10. The lowest BCUT2D eigenvalue weighted by atomic mass is 10.1. The van der Waals surface area contributed by atoms with Gasteiger partial charge in [0.2, 0.25) is 0 Å². The zero-order chi connectivity index (χ0) is 13.7. The monoisotopic (exact) mass is 375 g/mol. The van der Waals surface area contributed by atoms with E-state index in [4.69, 9.17) is 0 Å². The van der Waals surface area contributed by atoms with Crippen LogP contribution in [-0.2, 0) is 0 Å². The maximum atomic E-state index is 12.0. The molecule has 0 heterocycles. The van der Waals surface area contributed by atoms with Gasteiger partial charge in [0.1, 0.15) is 0 Å². The van der Waals surface area contributed by atoms with Crippen molar-refractivity contribution in [3.63, 3.8) is 0 Å². The third kappa shape index (κ3) is 5.11. The Labute approximate surface area is 126 Å². The molecule has 1 rings (SSSR count). The summed E-state index contributed by atoms with van der Waals surface area (Å²) in [5.74, 6) is 0.593. The number of alkyl halides is 1. The Morgan fingerprint density at radius 3 is 2.67 bits per heavy atom. The largest absolute Gasteiger partial charge is 0.351 e. The first kappa shape index (κ1) is 15.7. The van der Waals surface area contributed by atoms with E-state index in [1.165, 1.54) is 0 Å². The molecule has 2 nitrogen and oxygen atoms in total. The summed E-state index contributed by atoms with van der Waals surface area (Å²) < 4.78 is 0.834. The van der Waals surface area contributed by atoms with Gasteiger partial charge < -0.3 is 5.32 Å². The second kappa shape index (κ2) is 7.29. The molecule has 4 heteroatoms. The Morgan fingerprint density at radius 1 is 1.39 bits per heavy atom. The maximum absolute atomic E-state index is 12.0. The van der Waals surface area contributed by atoms with E-state index in [2.05, 4.69) is 51.0 Å². The van der Waals surface area contributed by atoms with Crippen LogP contribution in [0.2, 0.25) is 0 Å². The molecule has 18 heavy (non-hydrogen) atoms. The molecule has 0 bridgehead atoms. The fourth-order valence-electron chi connectivity index (χ4n) is 1.71. The van der Waals surface area contributed by atoms with Gasteiger partial charge in [-0.25, -0.2) is 0 Å². The lowest BCUT2D eigenvalue weighted by molar-refractivity contribution is 0.0952. The third-order valence-electron chi connectivity index (χ3n) is 2.58. The van der Waals surface area contributed by atoms with Crippen LogP contribution in [0.25, 0.3) is 0 Å². The van der Waals surface area contributed by atoms with Gasteiger partial charge >= 0.3 is 0 Å². The normalized spacial score (nSPS) is 12.6. The van der Waals surface area contributed by atoms with E-state index >= 15 is 0 Å². The molecular formula is C14H19Br2NO. The molecule has 0 aliphatic carbocycles. The minimum atomic E-state index is -0.0289. The fourth-order valence-corrected chi connectivity index (χ4v) is 3.04. The highest BCUT2D eigenvalue weighted by Gasteiger charge is 2.12. The predicted molar refractivity (Wildman–Crippen MR) is 83.4 cm³/mol. The number of hydrogen-bond donors (Lipinski definition) is 1. The van der Waals surface area contributed by atoms with Crippen molar-refractivity contribution in [1.29, 1.82) is 0 Å². The number of nitrogens with one attached hydrogen (secondary N) is 1. The molecule has 0 saturated carbocycles. The molecule has 1 aromatic carbocycles. The summed E-state index contributed by atoms with van der Waals surface area (Å²) in [6.07, 6.45) is 1.05. The summed E-state index contributed by atoms with van der Waals surface area (Å²) >= 11 is 6.99. The number of benzene rings is 1. The van der Waals surface area contributed by atoms with Gasteiger partial charge in [0, 0.05) is 15.8 Å². The molecule has 1 N–H and O–H groups in total. The van der Waals surface area contributed by atoms with E-state index in [9.17, 15) is 4.79 Å². The molecule has 0 spiro atoms. The van der Waals surface area contributed by atoms with Crippen LogP contribution in [-0.4, -0.2) is 17.3 Å². The number of carbonyl (C=O) groups excluding carboxylic acids is 1. The Bertz CT molecular complexity index is 418. The van der Waals surface area contributed by atoms with Gasteiger partial charge in [-0.3, -0.25) is 4.79 Å². The van der Waals surface area contributed by atoms with E-state index in [-0.39, 0.29) is 5.91 Å². The van der Waals surface area contributed by atoms with Crippen molar-refractivity contribution < 1.29 is 4.79 Å². The zero-order valence-corrected chi connectivity index (χ0v) is 14.1. The standard InChI is InChI=1S/C14H19Br2NO/c1-9(2)6-11(15)8-17-14(18)12-7-10(3)4-5-13(12)16/h4-5,7,9,11H,6,8H2,1-3H3,(H,17,18). The molecule has 1 amide bonds. The number of amides is 1. The van der Waals surface area contributed by atoms with Gasteiger partial charge in [-0.05, 0) is 47.3 Å². The van der Waals surface area contributed by atoms with Crippen LogP contribution < -0.4 is 5.32 Å². The van der Waals surface area contributed by atoms with Crippen molar-refractivity contribution in [2.75, 3.05) is 6.54 Å². The SMILES string of the molecule is Cc1ccc(Br)c(C(=O)NCC(Br)CC(C)C)c1. The summed E-state index contributed by atoms with van der Waals surface area (Å²) in [4.78, 5) is 12.4. The maximum Gasteiger partial charge on any atom is 0.252 e. The Morgan fingerprint density at radius 2 is 2.06 bits per heavy atom. The van der Waals surface area contributed by atoms with E-state index in [1.807, 2.05) is 25.1 Å². The smallest absolute Gasteiger partial charge is 0.252 e. The molecule has 1 unspecified atom stereocenters. The van der Waals surface area contributed by atoms with Crippen LogP contribution in [0.15, 0.2) is 22.7 Å². The van der Waals surface area contributed by atoms with E-state index in [1.54, 1.807) is 0 Å². The molecule has 0 aliphatic heterocycles. The summed E-state index contributed by atoms with van der Waals surface area (Å²) in [7, 11) is 0. The number of halogens is 2. The highest BCUT2D eigenvalue weighted by Crippen LogP contribution is 2.18. The summed E-state index contributed by atoms with van der Waals surface area (Å²) in [6.45, 7) is 6.98. The van der Waals surface area contributed by atoms with E-state index < -0.39 is 0 Å². The lowest BCUT2D eigenvalue weighted by Crippen LogP contribution is -2.30. The number of hydrogen-bond acceptors (Lipinski definition) is 1. The van der Waals surface area contributed by atoms with Crippen LogP contribution in [0.4, 0.5) is 0 Å². The number of aryl methyl sites for hydroxylation is 1. The average Bonchev–Trinajstić information content (AvgIpc) is 2.28. The Kier molecular flexibility index (Phi) is 6.36. The van der Waals surface area contributed by atoms with E-state index in [0.717, 1.165) is 16.5 Å². The molecule has 1 atom stereocenters. The van der Waals surface area contributed by atoms with Crippen LogP contribution in [0.5, 0.6) is 0 Å². The van der Waals surface area contributed by atoms with Gasteiger partial charge in [0.15, 0.2) is 0 Å². The van der Waals surface area contributed by atoms with Crippen molar-refractivity contribution >= 4 is 37.8 Å². The molecule has 0 fully saturated rings. The molecule has 0 aliphatic rings. The van der Waals surface area contributed by atoms with Crippen LogP contribution in [0.3, 0.4) is 0 Å². The van der Waals surface area contributed by atoms with E-state index in [0.29, 0.717) is 22.9 Å². The first-order chi connectivity index (χ1) is 8.40. The van der Waals surface area contributed by atoms with Crippen molar-refractivity contribution in [1.82, 2.24) is 5.32 Å². The first-order valence-electron chi connectivity index (χ1n) is 6.08. The first-order valence-corrected chi connectivity index (χ1v) is 7.79. The summed E-state index contributed by atoms with van der Waals surface area (Å²) in [6, 6.07) is 5.78. The van der Waals surface area contributed by atoms with Gasteiger partial charge in [-0.1, -0.05) is 41.4 Å². The number of rotatable bonds is 5. The van der Waals surface area contributed by atoms with Crippen molar-refractivity contribution in [2.45, 2.75) is 32.0 Å². The molecule has 0 radical (unpaired) electrons. The van der Waals surface area contributed by atoms with Crippen LogP contribution in [0.1, 0.15) is 36.2 Å². The van der Waals surface area contributed by atoms with Gasteiger partial charge in [0.25, 0.3) is 5.91 Å². The zero-order valence-electron chi connectivity index (χ0n) is 11.0. The van der Waals surface area contributed by atoms with Gasteiger partial charge in [0.05, 0.1) is 5.56 Å². The topological polar surface area (TPSA) is 29.1 Å². The number of carbonyl (C=O) groups is 1. The fraction of sp³-hybridized carbons (Fsp3) is 0.500. The molecule has 100 valence electrons. The third-order valence-corrected chi connectivity index (χ3v) is 3.97. The quantitative estimate of drug-likeness (QED) is 0.762. The summed E-state index contributed by atoms with van der Waals surface area (Å²) in [5.41, 5.74) is 1.78. The summed E-state index contributed by atoms with van der Waals surface area (Å²) in [5, 5.41) is 2.96. The van der Waals surface area contributed by atoms with Crippen molar-refractivity contribution in [2.24, 2.45) is 5.92 Å². The average molecular weight is 377 g/mol.